The third kappa shape index (κ3) is 5.72. The van der Waals surface area contributed by atoms with E-state index in [1.807, 2.05) is 0 Å². The van der Waals surface area contributed by atoms with Gasteiger partial charge < -0.3 is 19.9 Å². The van der Waals surface area contributed by atoms with Crippen LogP contribution in [0, 0.1) is 0 Å². The van der Waals surface area contributed by atoms with Crippen molar-refractivity contribution in [3.05, 3.63) is 60.5 Å². The Bertz CT molecular complexity index is 1310. The maximum Gasteiger partial charge on any atom is 0.509 e. The fourth-order valence-corrected chi connectivity index (χ4v) is 3.05. The molecule has 13 heteroatoms. The number of rotatable bonds is 9. The number of azo groups is 1. The van der Waals surface area contributed by atoms with E-state index in [1.54, 1.807) is 53.2 Å². The van der Waals surface area contributed by atoms with E-state index in [-0.39, 0.29) is 19.5 Å². The zero-order chi connectivity index (χ0) is 23.8. The molecule has 0 saturated heterocycles. The number of aryl methyl sites for hydroxylation is 1. The summed E-state index contributed by atoms with van der Waals surface area (Å²) in [6.07, 6.45) is 2.56. The Morgan fingerprint density at radius 2 is 1.82 bits per heavy atom. The molecule has 1 atom stereocenters. The molecule has 2 aromatic heterocycles. The number of carboxylic acids is 2. The van der Waals surface area contributed by atoms with Gasteiger partial charge in [0, 0.05) is 12.7 Å². The second-order valence-corrected chi connectivity index (χ2v) is 6.68. The second-order valence-electron chi connectivity index (χ2n) is 6.68. The molecule has 0 aliphatic heterocycles. The van der Waals surface area contributed by atoms with Gasteiger partial charge in [0.2, 0.25) is 6.04 Å². The molecule has 0 fully saturated rings. The number of para-hydroxylation sites is 2. The fourth-order valence-electron chi connectivity index (χ4n) is 3.05. The van der Waals surface area contributed by atoms with Gasteiger partial charge in [-0.1, -0.05) is 18.2 Å². The molecule has 0 bridgehead atoms. The zero-order valence-electron chi connectivity index (χ0n) is 17.2. The van der Waals surface area contributed by atoms with Crippen molar-refractivity contribution in [1.82, 2.24) is 9.13 Å². The van der Waals surface area contributed by atoms with E-state index in [2.05, 4.69) is 20.4 Å². The average Bonchev–Trinajstić information content (AvgIpc) is 3.17. The largest absolute Gasteiger partial charge is 0.509 e. The van der Waals surface area contributed by atoms with Gasteiger partial charge in [-0.2, -0.15) is 9.91 Å². The number of imidazole rings is 1. The Hall–Kier alpha value is -4.68. The fraction of sp³-hybridized carbons (Fsp3) is 0.200. The van der Waals surface area contributed by atoms with Crippen molar-refractivity contribution in [3.63, 3.8) is 0 Å². The maximum atomic E-state index is 11.8. The van der Waals surface area contributed by atoms with Crippen LogP contribution in [0.2, 0.25) is 0 Å². The lowest BCUT2D eigenvalue weighted by molar-refractivity contribution is -0.683. The van der Waals surface area contributed by atoms with E-state index < -0.39 is 24.1 Å². The summed E-state index contributed by atoms with van der Waals surface area (Å²) in [7, 11) is 0. The van der Waals surface area contributed by atoms with Gasteiger partial charge in [0.15, 0.2) is 22.9 Å². The highest BCUT2D eigenvalue weighted by Crippen LogP contribution is 2.13. The SMILES string of the molecule is O=C(O)CCn1ccccc1=NN=CN=NCC(C(=O)O)[n+]1cn(C(=O)O)c2ccccc21. The number of aliphatic carboxylic acids is 2. The molecule has 3 rings (SSSR count). The van der Waals surface area contributed by atoms with Crippen LogP contribution < -0.4 is 10.1 Å². The lowest BCUT2D eigenvalue weighted by Crippen LogP contribution is -2.45. The molecule has 0 radical (unpaired) electrons. The van der Waals surface area contributed by atoms with Gasteiger partial charge in [-0.05, 0) is 24.3 Å². The molecule has 1 unspecified atom stereocenters. The van der Waals surface area contributed by atoms with E-state index in [0.717, 1.165) is 10.9 Å². The lowest BCUT2D eigenvalue weighted by atomic mass is 10.2. The number of carboxylic acid groups (broad SMARTS) is 3. The number of aromatic nitrogens is 3. The van der Waals surface area contributed by atoms with Crippen molar-refractivity contribution in [2.45, 2.75) is 19.0 Å². The van der Waals surface area contributed by atoms with Crippen molar-refractivity contribution in [3.8, 4) is 0 Å². The van der Waals surface area contributed by atoms with Crippen molar-refractivity contribution >= 4 is 35.4 Å². The molecule has 0 spiro atoms. The first-order valence-corrected chi connectivity index (χ1v) is 9.65. The van der Waals surface area contributed by atoms with Crippen LogP contribution in [0.1, 0.15) is 12.5 Å². The summed E-state index contributed by atoms with van der Waals surface area (Å²) in [6.45, 7) is -0.0584. The van der Waals surface area contributed by atoms with E-state index >= 15 is 0 Å². The van der Waals surface area contributed by atoms with Crippen LogP contribution in [-0.4, -0.2) is 55.4 Å². The Labute approximate surface area is 185 Å². The summed E-state index contributed by atoms with van der Waals surface area (Å²) in [5, 5.41) is 43.0. The van der Waals surface area contributed by atoms with E-state index in [4.69, 9.17) is 5.11 Å². The topological polar surface area (TPSA) is 175 Å². The summed E-state index contributed by atoms with van der Waals surface area (Å²) in [5.41, 5.74) is 1.17. The average molecular weight is 454 g/mol. The van der Waals surface area contributed by atoms with Crippen molar-refractivity contribution in [2.75, 3.05) is 6.54 Å². The molecule has 3 aromatic rings. The molecule has 0 amide bonds. The minimum absolute atomic E-state index is 0.0762. The number of nitrogens with zero attached hydrogens (tertiary/aromatic N) is 7. The third-order valence-corrected chi connectivity index (χ3v) is 4.57. The predicted molar refractivity (Wildman–Crippen MR) is 113 cm³/mol. The quantitative estimate of drug-likeness (QED) is 0.145. The monoisotopic (exact) mass is 454 g/mol. The van der Waals surface area contributed by atoms with E-state index in [1.165, 1.54) is 10.9 Å². The van der Waals surface area contributed by atoms with Crippen LogP contribution in [0.5, 0.6) is 0 Å². The number of hydrogen-bond acceptors (Lipinski definition) is 6. The molecule has 3 N–H and O–H groups in total. The van der Waals surface area contributed by atoms with Crippen LogP contribution >= 0.6 is 0 Å². The summed E-state index contributed by atoms with van der Waals surface area (Å²) in [6, 6.07) is 10.4. The molecule has 1 aromatic carbocycles. The van der Waals surface area contributed by atoms with Gasteiger partial charge in [-0.3, -0.25) is 4.79 Å². The minimum Gasteiger partial charge on any atom is -0.481 e. The van der Waals surface area contributed by atoms with Crippen LogP contribution in [-0.2, 0) is 16.1 Å². The highest BCUT2D eigenvalue weighted by molar-refractivity contribution is 5.84. The van der Waals surface area contributed by atoms with Crippen molar-refractivity contribution in [1.29, 1.82) is 0 Å². The summed E-state index contributed by atoms with van der Waals surface area (Å²) in [5.74, 6) is -2.15. The molecule has 33 heavy (non-hydrogen) atoms. The van der Waals surface area contributed by atoms with Crippen molar-refractivity contribution in [2.24, 2.45) is 20.4 Å². The summed E-state index contributed by atoms with van der Waals surface area (Å²) >= 11 is 0. The highest BCUT2D eigenvalue weighted by atomic mass is 16.4. The highest BCUT2D eigenvalue weighted by Gasteiger charge is 2.30. The van der Waals surface area contributed by atoms with Crippen LogP contribution in [0.3, 0.4) is 0 Å². The molecule has 13 nitrogen and oxygen atoms in total. The Balaban J connectivity index is 1.76. The first-order valence-electron chi connectivity index (χ1n) is 9.65. The molecule has 0 aliphatic carbocycles. The maximum absolute atomic E-state index is 11.8. The molecule has 2 heterocycles. The van der Waals surface area contributed by atoms with Gasteiger partial charge >= 0.3 is 18.0 Å². The van der Waals surface area contributed by atoms with Gasteiger partial charge in [0.05, 0.1) is 6.42 Å². The van der Waals surface area contributed by atoms with Crippen LogP contribution in [0.25, 0.3) is 11.0 Å². The Morgan fingerprint density at radius 1 is 1.06 bits per heavy atom. The third-order valence-electron chi connectivity index (χ3n) is 4.57. The Morgan fingerprint density at radius 3 is 2.55 bits per heavy atom. The van der Waals surface area contributed by atoms with Gasteiger partial charge in [0.1, 0.15) is 6.54 Å². The van der Waals surface area contributed by atoms with Crippen molar-refractivity contribution < 1.29 is 34.3 Å². The van der Waals surface area contributed by atoms with Crippen LogP contribution in [0.4, 0.5) is 4.79 Å². The first-order chi connectivity index (χ1) is 15.9. The molecule has 0 saturated carbocycles. The summed E-state index contributed by atoms with van der Waals surface area (Å²) < 4.78 is 3.85. The number of benzene rings is 1. The lowest BCUT2D eigenvalue weighted by Gasteiger charge is -2.05. The first kappa shape index (κ1) is 23.0. The molecular formula is C20H20N7O6+. The number of hydrogen-bond donors (Lipinski definition) is 3. The number of pyridine rings is 1. The molecule has 0 aliphatic rings. The number of carbonyl (C=O) groups is 3. The minimum atomic E-state index is -1.24. The normalized spacial score (nSPS) is 13.2. The van der Waals surface area contributed by atoms with E-state index in [0.29, 0.717) is 16.5 Å². The van der Waals surface area contributed by atoms with Gasteiger partial charge in [0.25, 0.3) is 6.33 Å². The number of fused-ring (bicyclic) bond motifs is 1. The van der Waals surface area contributed by atoms with E-state index in [9.17, 15) is 24.6 Å². The second kappa shape index (κ2) is 10.6. The smallest absolute Gasteiger partial charge is 0.481 e. The van der Waals surface area contributed by atoms with Gasteiger partial charge in [-0.15, -0.1) is 19.9 Å². The van der Waals surface area contributed by atoms with Crippen LogP contribution in [0.15, 0.2) is 75.4 Å². The summed E-state index contributed by atoms with van der Waals surface area (Å²) in [4.78, 5) is 34.0. The van der Waals surface area contributed by atoms with Gasteiger partial charge in [-0.25, -0.2) is 9.36 Å². The zero-order valence-corrected chi connectivity index (χ0v) is 17.2. The Kier molecular flexibility index (Phi) is 7.36. The standard InChI is InChI=1S/C20H19N7O6/c28-18(29)8-10-25-9-4-3-7-17(25)24-23-12-22-21-11-16(19(30)31)26-13-27(20(32)33)15-6-2-1-5-14(15)26/h1-7,9,12-13,16H,8,10-11H2,(H2-,28,29,30,31,32,33)/p+1. The molecule has 170 valence electrons. The molecular weight excluding hydrogens is 434 g/mol. The predicted octanol–water partition coefficient (Wildman–Crippen LogP) is 1.35.